The fourth-order valence-corrected chi connectivity index (χ4v) is 0. The summed E-state index contributed by atoms with van der Waals surface area (Å²) in [5.74, 6) is 0. The first-order chi connectivity index (χ1) is 2.64. The predicted octanol–water partition coefficient (Wildman–Crippen LogP) is -0.644. The van der Waals surface area contributed by atoms with Gasteiger partial charge in [0.05, 0.1) is 0 Å². The van der Waals surface area contributed by atoms with Crippen LogP contribution in [-0.4, -0.2) is 35.3 Å². The lowest BCUT2D eigenvalue weighted by Crippen LogP contribution is -2.08. The molecule has 1 N–H and O–H groups in total. The van der Waals surface area contributed by atoms with Crippen LogP contribution in [0.1, 0.15) is 0 Å². The van der Waals surface area contributed by atoms with Crippen molar-refractivity contribution in [2.45, 2.75) is 12.8 Å². The second-order valence-corrected chi connectivity index (χ2v) is 0.707. The lowest BCUT2D eigenvalue weighted by molar-refractivity contribution is -0.0843. The lowest BCUT2D eigenvalue weighted by Gasteiger charge is -1.92. The Morgan fingerprint density at radius 2 is 1.29 bits per heavy atom. The molecule has 0 spiro atoms. The van der Waals surface area contributed by atoms with Gasteiger partial charge in [-0.15, -0.1) is 0 Å². The van der Waals surface area contributed by atoms with Crippen LogP contribution in [-0.2, 0) is 0 Å². The fourth-order valence-electron chi connectivity index (χ4n) is 0. The molecule has 0 aliphatic rings. The molecular weight excluding hydrogens is 124 g/mol. The molecule has 0 aromatic heterocycles. The van der Waals surface area contributed by atoms with Gasteiger partial charge in [0.25, 0.3) is 12.8 Å². The van der Waals surface area contributed by atoms with E-state index in [1.54, 1.807) is 0 Å². The van der Waals surface area contributed by atoms with E-state index in [2.05, 4.69) is 0 Å². The van der Waals surface area contributed by atoms with Gasteiger partial charge in [0.15, 0.2) is 17.4 Å². The summed E-state index contributed by atoms with van der Waals surface area (Å²) in [5.41, 5.74) is 0. The Balaban J connectivity index is 0. The van der Waals surface area contributed by atoms with Crippen LogP contribution in [0.15, 0.2) is 0 Å². The Morgan fingerprint density at radius 1 is 1.14 bits per heavy atom. The number of aliphatic hydroxyl groups is 1. The van der Waals surface area contributed by atoms with E-state index < -0.39 is 12.8 Å². The van der Waals surface area contributed by atoms with Crippen LogP contribution in [0, 0.1) is 0 Å². The summed E-state index contributed by atoms with van der Waals surface area (Å²) in [5, 5.41) is 7.21. The third-order valence-electron chi connectivity index (χ3n) is 0.208. The van der Waals surface area contributed by atoms with E-state index in [0.717, 1.165) is 0 Å². The van der Waals surface area contributed by atoms with Crippen molar-refractivity contribution in [2.24, 2.45) is 0 Å². The molecule has 0 rings (SSSR count). The molecule has 0 aliphatic heterocycles. The first-order valence-electron chi connectivity index (χ1n) is 1.25. The molecular formula is C2H6AlF3O. The molecule has 7 heavy (non-hydrogen) atoms. The molecule has 0 fully saturated rings. The van der Waals surface area contributed by atoms with Gasteiger partial charge >= 0.3 is 0 Å². The molecule has 44 valence electrons. The zero-order chi connectivity index (χ0) is 5.15. The molecule has 0 saturated heterocycles. The quantitative estimate of drug-likeness (QED) is 0.468. The largest absolute Gasteiger partial charge is 0.360 e. The van der Waals surface area contributed by atoms with Crippen LogP contribution in [0.25, 0.3) is 0 Å². The standard InChI is InChI=1S/C2H3F3O.Al.3H/c3-1(4)2(5)6;;;;/h1-2,6H;;;;. The van der Waals surface area contributed by atoms with Gasteiger partial charge in [0.1, 0.15) is 0 Å². The minimum absolute atomic E-state index is 0. The van der Waals surface area contributed by atoms with Crippen molar-refractivity contribution < 1.29 is 18.3 Å². The van der Waals surface area contributed by atoms with Gasteiger partial charge in [0.2, 0.25) is 0 Å². The molecule has 5 heteroatoms. The molecule has 0 heterocycles. The van der Waals surface area contributed by atoms with Gasteiger partial charge in [-0.2, -0.15) is 0 Å². The number of hydrogen-bond donors (Lipinski definition) is 1. The van der Waals surface area contributed by atoms with E-state index in [1.165, 1.54) is 0 Å². The minimum atomic E-state index is -3.26. The van der Waals surface area contributed by atoms with Crippen LogP contribution >= 0.6 is 0 Å². The number of aliphatic hydroxyl groups excluding tert-OH is 1. The Labute approximate surface area is 49.3 Å². The van der Waals surface area contributed by atoms with E-state index >= 15 is 0 Å². The summed E-state index contributed by atoms with van der Waals surface area (Å²) >= 11 is 0. The number of hydrogen-bond acceptors (Lipinski definition) is 1. The van der Waals surface area contributed by atoms with Crippen LogP contribution in [0.4, 0.5) is 13.2 Å². The summed E-state index contributed by atoms with van der Waals surface area (Å²) in [6.45, 7) is 0. The summed E-state index contributed by atoms with van der Waals surface area (Å²) in [6.07, 6.45) is -6.24. The zero-order valence-corrected chi connectivity index (χ0v) is 2.74. The van der Waals surface area contributed by atoms with Gasteiger partial charge in [0, 0.05) is 0 Å². The van der Waals surface area contributed by atoms with Gasteiger partial charge in [-0.25, -0.2) is 13.2 Å². The second-order valence-electron chi connectivity index (χ2n) is 0.707. The molecule has 0 aromatic rings. The Morgan fingerprint density at radius 3 is 1.29 bits per heavy atom. The minimum Gasteiger partial charge on any atom is -0.360 e. The molecule has 1 nitrogen and oxygen atoms in total. The van der Waals surface area contributed by atoms with Crippen molar-refractivity contribution in [3.63, 3.8) is 0 Å². The van der Waals surface area contributed by atoms with E-state index in [0.29, 0.717) is 0 Å². The molecule has 0 bridgehead atoms. The van der Waals surface area contributed by atoms with Crippen molar-refractivity contribution in [3.8, 4) is 0 Å². The highest BCUT2D eigenvalue weighted by Gasteiger charge is 2.12. The van der Waals surface area contributed by atoms with Crippen LogP contribution in [0.2, 0.25) is 0 Å². The molecule has 0 radical (unpaired) electrons. The van der Waals surface area contributed by atoms with E-state index in [1.807, 2.05) is 0 Å². The first-order valence-corrected chi connectivity index (χ1v) is 1.25. The first kappa shape index (κ1) is 10.3. The average molecular weight is 130 g/mol. The maximum atomic E-state index is 10.6. The van der Waals surface area contributed by atoms with Crippen molar-refractivity contribution in [2.75, 3.05) is 0 Å². The van der Waals surface area contributed by atoms with Gasteiger partial charge in [-0.05, 0) is 0 Å². The van der Waals surface area contributed by atoms with Crippen LogP contribution in [0.3, 0.4) is 0 Å². The smallest absolute Gasteiger partial charge is 0.293 e. The maximum Gasteiger partial charge on any atom is 0.293 e. The Hall–Kier alpha value is 0.282. The summed E-state index contributed by atoms with van der Waals surface area (Å²) in [7, 11) is 0. The molecule has 0 aromatic carbocycles. The highest BCUT2D eigenvalue weighted by Crippen LogP contribution is 1.98. The fraction of sp³-hybridized carbons (Fsp3) is 1.00. The maximum absolute atomic E-state index is 10.6. The molecule has 1 atom stereocenters. The predicted molar refractivity (Wildman–Crippen MR) is 23.1 cm³/mol. The Bertz CT molecular complexity index is 33.9. The van der Waals surface area contributed by atoms with Crippen molar-refractivity contribution in [3.05, 3.63) is 0 Å². The van der Waals surface area contributed by atoms with Gasteiger partial charge < -0.3 is 5.11 Å². The Kier molecular flexibility index (Phi) is 6.54. The summed E-state index contributed by atoms with van der Waals surface area (Å²) in [4.78, 5) is 0. The van der Waals surface area contributed by atoms with Crippen molar-refractivity contribution in [1.82, 2.24) is 0 Å². The van der Waals surface area contributed by atoms with Crippen LogP contribution in [0.5, 0.6) is 0 Å². The normalized spacial score (nSPS) is 13.3. The van der Waals surface area contributed by atoms with Gasteiger partial charge in [-0.3, -0.25) is 0 Å². The molecule has 0 amide bonds. The zero-order valence-electron chi connectivity index (χ0n) is 2.74. The number of halogens is 3. The van der Waals surface area contributed by atoms with E-state index in [-0.39, 0.29) is 17.4 Å². The average Bonchev–Trinajstić information content (AvgIpc) is 1.36. The van der Waals surface area contributed by atoms with Crippen LogP contribution < -0.4 is 0 Å². The lowest BCUT2D eigenvalue weighted by atomic mass is 10.7. The monoisotopic (exact) mass is 130 g/mol. The molecule has 0 aliphatic carbocycles. The van der Waals surface area contributed by atoms with E-state index in [4.69, 9.17) is 5.11 Å². The summed E-state index contributed by atoms with van der Waals surface area (Å²) < 4.78 is 31.7. The SMILES string of the molecule is OC(F)C(F)F.[AlH3]. The summed E-state index contributed by atoms with van der Waals surface area (Å²) in [6, 6.07) is 0. The highest BCUT2D eigenvalue weighted by atomic mass is 27.0. The number of alkyl halides is 3. The topological polar surface area (TPSA) is 20.2 Å². The highest BCUT2D eigenvalue weighted by molar-refractivity contribution is 5.75. The second kappa shape index (κ2) is 4.44. The van der Waals surface area contributed by atoms with Crippen molar-refractivity contribution in [1.29, 1.82) is 0 Å². The van der Waals surface area contributed by atoms with Gasteiger partial charge in [-0.1, -0.05) is 0 Å². The molecule has 0 saturated carbocycles. The van der Waals surface area contributed by atoms with E-state index in [9.17, 15) is 13.2 Å². The molecule has 1 unspecified atom stereocenters. The van der Waals surface area contributed by atoms with Crippen molar-refractivity contribution >= 4 is 17.4 Å². The number of rotatable bonds is 1. The third kappa shape index (κ3) is 6.28. The third-order valence-corrected chi connectivity index (χ3v) is 0.208.